The molecule has 2 saturated carbocycles. The summed E-state index contributed by atoms with van der Waals surface area (Å²) in [5.74, 6) is 3.30. The summed E-state index contributed by atoms with van der Waals surface area (Å²) in [6, 6.07) is 0. The van der Waals surface area contributed by atoms with E-state index in [0.717, 1.165) is 17.8 Å². The van der Waals surface area contributed by atoms with E-state index in [4.69, 9.17) is 0 Å². The van der Waals surface area contributed by atoms with Crippen LogP contribution in [0.15, 0.2) is 0 Å². The third kappa shape index (κ3) is 3.23. The fourth-order valence-electron chi connectivity index (χ4n) is 3.64. The molecule has 0 aromatic heterocycles. The lowest BCUT2D eigenvalue weighted by atomic mass is 9.66. The summed E-state index contributed by atoms with van der Waals surface area (Å²) in [4.78, 5) is 0. The molecule has 0 nitrogen and oxygen atoms in total. The van der Waals surface area contributed by atoms with Crippen molar-refractivity contribution in [2.75, 3.05) is 0 Å². The molecular formula is C15H28. The fourth-order valence-corrected chi connectivity index (χ4v) is 3.64. The van der Waals surface area contributed by atoms with Crippen LogP contribution in [0.1, 0.15) is 72.1 Å². The standard InChI is InChI=1S/C15H28/c1-15(2,3)11-12-7-9-14(10-8-12)13-5-4-6-13/h12-14H,4-11H2,1-3H3. The molecule has 0 heteroatoms. The number of hydrogen-bond donors (Lipinski definition) is 0. The second-order valence-corrected chi connectivity index (χ2v) is 7.24. The van der Waals surface area contributed by atoms with Crippen LogP contribution in [0, 0.1) is 23.2 Å². The highest BCUT2D eigenvalue weighted by Crippen LogP contribution is 2.44. The third-order valence-electron chi connectivity index (χ3n) is 4.61. The topological polar surface area (TPSA) is 0 Å². The monoisotopic (exact) mass is 208 g/mol. The summed E-state index contributed by atoms with van der Waals surface area (Å²) < 4.78 is 0. The highest BCUT2D eigenvalue weighted by Gasteiger charge is 2.31. The summed E-state index contributed by atoms with van der Waals surface area (Å²) in [5, 5.41) is 0. The Balaban J connectivity index is 1.72. The Bertz CT molecular complexity index is 187. The molecule has 0 unspecified atom stereocenters. The van der Waals surface area contributed by atoms with Gasteiger partial charge in [0.1, 0.15) is 0 Å². The van der Waals surface area contributed by atoms with Gasteiger partial charge in [-0.05, 0) is 42.4 Å². The van der Waals surface area contributed by atoms with Crippen LogP contribution < -0.4 is 0 Å². The summed E-state index contributed by atoms with van der Waals surface area (Å²) in [5.41, 5.74) is 0.550. The van der Waals surface area contributed by atoms with Gasteiger partial charge in [-0.3, -0.25) is 0 Å². The van der Waals surface area contributed by atoms with Crippen molar-refractivity contribution in [2.45, 2.75) is 72.1 Å². The minimum atomic E-state index is 0.550. The third-order valence-corrected chi connectivity index (χ3v) is 4.61. The van der Waals surface area contributed by atoms with Crippen molar-refractivity contribution < 1.29 is 0 Å². The van der Waals surface area contributed by atoms with E-state index in [1.807, 2.05) is 0 Å². The first-order valence-electron chi connectivity index (χ1n) is 7.04. The van der Waals surface area contributed by atoms with Gasteiger partial charge in [0.05, 0.1) is 0 Å². The molecule has 0 aromatic carbocycles. The summed E-state index contributed by atoms with van der Waals surface area (Å²) in [6.45, 7) is 7.18. The van der Waals surface area contributed by atoms with Crippen LogP contribution in [-0.2, 0) is 0 Å². The SMILES string of the molecule is CC(C)(C)CC1CCC(C2CCC2)CC1. The molecule has 0 N–H and O–H groups in total. The first-order valence-corrected chi connectivity index (χ1v) is 7.04. The van der Waals surface area contributed by atoms with Crippen LogP contribution in [0.25, 0.3) is 0 Å². The van der Waals surface area contributed by atoms with Gasteiger partial charge in [-0.15, -0.1) is 0 Å². The van der Waals surface area contributed by atoms with Crippen molar-refractivity contribution in [1.82, 2.24) is 0 Å². The Kier molecular flexibility index (Phi) is 3.42. The van der Waals surface area contributed by atoms with E-state index in [1.165, 1.54) is 25.7 Å². The predicted molar refractivity (Wildman–Crippen MR) is 66.9 cm³/mol. The highest BCUT2D eigenvalue weighted by atomic mass is 14.4. The molecule has 0 aromatic rings. The van der Waals surface area contributed by atoms with E-state index in [1.54, 1.807) is 25.7 Å². The molecule has 0 saturated heterocycles. The zero-order chi connectivity index (χ0) is 10.9. The molecule has 2 fully saturated rings. The van der Waals surface area contributed by atoms with Crippen LogP contribution in [0.5, 0.6) is 0 Å². The quantitative estimate of drug-likeness (QED) is 0.597. The van der Waals surface area contributed by atoms with E-state index >= 15 is 0 Å². The van der Waals surface area contributed by atoms with Crippen LogP contribution >= 0.6 is 0 Å². The molecule has 2 aliphatic rings. The molecule has 0 atom stereocenters. The zero-order valence-corrected chi connectivity index (χ0v) is 10.9. The highest BCUT2D eigenvalue weighted by molar-refractivity contribution is 4.83. The lowest BCUT2D eigenvalue weighted by molar-refractivity contribution is 0.122. The van der Waals surface area contributed by atoms with Crippen molar-refractivity contribution in [3.8, 4) is 0 Å². The Morgan fingerprint density at radius 2 is 1.33 bits per heavy atom. The maximum atomic E-state index is 2.39. The van der Waals surface area contributed by atoms with E-state index in [9.17, 15) is 0 Å². The molecule has 0 heterocycles. The van der Waals surface area contributed by atoms with Gasteiger partial charge in [0.25, 0.3) is 0 Å². The summed E-state index contributed by atoms with van der Waals surface area (Å²) >= 11 is 0. The molecule has 0 aliphatic heterocycles. The maximum Gasteiger partial charge on any atom is -0.0380 e. The number of rotatable bonds is 2. The van der Waals surface area contributed by atoms with E-state index in [0.29, 0.717) is 5.41 Å². The van der Waals surface area contributed by atoms with Crippen molar-refractivity contribution >= 4 is 0 Å². The Morgan fingerprint density at radius 3 is 1.73 bits per heavy atom. The van der Waals surface area contributed by atoms with Crippen molar-refractivity contribution in [1.29, 1.82) is 0 Å². The van der Waals surface area contributed by atoms with Crippen LogP contribution in [0.3, 0.4) is 0 Å². The molecule has 0 radical (unpaired) electrons. The minimum absolute atomic E-state index is 0.550. The average Bonchev–Trinajstić information content (AvgIpc) is 2.02. The molecule has 88 valence electrons. The first kappa shape index (κ1) is 11.5. The van der Waals surface area contributed by atoms with E-state index in [2.05, 4.69) is 20.8 Å². The fraction of sp³-hybridized carbons (Fsp3) is 1.00. The van der Waals surface area contributed by atoms with Crippen molar-refractivity contribution in [2.24, 2.45) is 23.2 Å². The lowest BCUT2D eigenvalue weighted by Crippen LogP contribution is -2.27. The van der Waals surface area contributed by atoms with E-state index in [-0.39, 0.29) is 0 Å². The van der Waals surface area contributed by atoms with Gasteiger partial charge in [0, 0.05) is 0 Å². The van der Waals surface area contributed by atoms with Crippen LogP contribution in [0.4, 0.5) is 0 Å². The molecule has 0 amide bonds. The Morgan fingerprint density at radius 1 is 0.800 bits per heavy atom. The number of hydrogen-bond acceptors (Lipinski definition) is 0. The molecule has 15 heavy (non-hydrogen) atoms. The minimum Gasteiger partial charge on any atom is -0.0602 e. The zero-order valence-electron chi connectivity index (χ0n) is 10.9. The summed E-state index contributed by atoms with van der Waals surface area (Å²) in [6.07, 6.45) is 12.2. The molecular weight excluding hydrogens is 180 g/mol. The van der Waals surface area contributed by atoms with Gasteiger partial charge in [-0.2, -0.15) is 0 Å². The second-order valence-electron chi connectivity index (χ2n) is 7.24. The van der Waals surface area contributed by atoms with Crippen LogP contribution in [-0.4, -0.2) is 0 Å². The van der Waals surface area contributed by atoms with Gasteiger partial charge >= 0.3 is 0 Å². The van der Waals surface area contributed by atoms with E-state index < -0.39 is 0 Å². The first-order chi connectivity index (χ1) is 7.04. The largest absolute Gasteiger partial charge is 0.0602 e. The second kappa shape index (κ2) is 4.47. The smallest absolute Gasteiger partial charge is 0.0380 e. The van der Waals surface area contributed by atoms with Gasteiger partial charge in [-0.1, -0.05) is 52.9 Å². The molecule has 0 bridgehead atoms. The van der Waals surface area contributed by atoms with Crippen molar-refractivity contribution in [3.05, 3.63) is 0 Å². The summed E-state index contributed by atoms with van der Waals surface area (Å²) in [7, 11) is 0. The Hall–Kier alpha value is 0. The van der Waals surface area contributed by atoms with Gasteiger partial charge < -0.3 is 0 Å². The van der Waals surface area contributed by atoms with Crippen molar-refractivity contribution in [3.63, 3.8) is 0 Å². The molecule has 0 spiro atoms. The van der Waals surface area contributed by atoms with Gasteiger partial charge in [-0.25, -0.2) is 0 Å². The predicted octanol–water partition coefficient (Wildman–Crippen LogP) is 5.03. The van der Waals surface area contributed by atoms with Crippen LogP contribution in [0.2, 0.25) is 0 Å². The maximum absolute atomic E-state index is 2.39. The Labute approximate surface area is 95.8 Å². The van der Waals surface area contributed by atoms with Gasteiger partial charge in [0.2, 0.25) is 0 Å². The average molecular weight is 208 g/mol. The normalized spacial score (nSPS) is 33.8. The molecule has 2 aliphatic carbocycles. The molecule has 2 rings (SSSR count). The van der Waals surface area contributed by atoms with Gasteiger partial charge in [0.15, 0.2) is 0 Å². The lowest BCUT2D eigenvalue weighted by Gasteiger charge is -2.39.